The van der Waals surface area contributed by atoms with Crippen LogP contribution in [0, 0.1) is 0 Å². The van der Waals surface area contributed by atoms with Gasteiger partial charge in [0.1, 0.15) is 0 Å². The first-order valence-corrected chi connectivity index (χ1v) is 4.42. The predicted octanol–water partition coefficient (Wildman–Crippen LogP) is 0.0317. The van der Waals surface area contributed by atoms with Crippen molar-refractivity contribution in [3.63, 3.8) is 0 Å². The van der Waals surface area contributed by atoms with E-state index in [1.54, 1.807) is 0 Å². The van der Waals surface area contributed by atoms with E-state index in [0.29, 0.717) is 13.0 Å². The molecule has 0 unspecified atom stereocenters. The average molecular weight is 170 g/mol. The van der Waals surface area contributed by atoms with E-state index in [4.69, 9.17) is 10.6 Å². The highest BCUT2D eigenvalue weighted by molar-refractivity contribution is 5.77. The Kier molecular flexibility index (Phi) is 1.81. The summed E-state index contributed by atoms with van der Waals surface area (Å²) in [6.07, 6.45) is 3.36. The summed E-state index contributed by atoms with van der Waals surface area (Å²) in [5, 5.41) is 1.45. The van der Waals surface area contributed by atoms with E-state index < -0.39 is 0 Å². The number of carbonyl (C=O) groups is 1. The minimum Gasteiger partial charge on any atom is -0.325 e. The van der Waals surface area contributed by atoms with Gasteiger partial charge in [0.05, 0.1) is 13.2 Å². The maximum atomic E-state index is 11.4. The van der Waals surface area contributed by atoms with Gasteiger partial charge in [-0.15, -0.1) is 0 Å². The monoisotopic (exact) mass is 170 g/mol. The normalized spacial score (nSPS) is 25.9. The molecule has 0 aromatic heterocycles. The van der Waals surface area contributed by atoms with Gasteiger partial charge in [0.25, 0.3) is 0 Å². The van der Waals surface area contributed by atoms with Gasteiger partial charge in [0, 0.05) is 12.0 Å². The van der Waals surface area contributed by atoms with E-state index in [1.807, 2.05) is 0 Å². The molecule has 12 heavy (non-hydrogen) atoms. The Morgan fingerprint density at radius 2 is 2.33 bits per heavy atom. The summed E-state index contributed by atoms with van der Waals surface area (Å²) in [5.74, 6) is 0.0486. The van der Waals surface area contributed by atoms with Crippen molar-refractivity contribution >= 4 is 5.91 Å². The van der Waals surface area contributed by atoms with Crippen LogP contribution in [0.3, 0.4) is 0 Å². The molecule has 1 heterocycles. The van der Waals surface area contributed by atoms with Gasteiger partial charge in [-0.1, -0.05) is 0 Å². The second-order valence-corrected chi connectivity index (χ2v) is 3.72. The second-order valence-electron chi connectivity index (χ2n) is 3.72. The van der Waals surface area contributed by atoms with Crippen LogP contribution < -0.4 is 5.73 Å². The highest BCUT2D eigenvalue weighted by Crippen LogP contribution is 2.36. The number of rotatable bonds is 2. The third-order valence-corrected chi connectivity index (χ3v) is 2.43. The number of nitrogens with two attached hydrogens (primary N) is 1. The summed E-state index contributed by atoms with van der Waals surface area (Å²) >= 11 is 0. The first-order chi connectivity index (χ1) is 5.70. The lowest BCUT2D eigenvalue weighted by atomic mass is 10.2. The first-order valence-electron chi connectivity index (χ1n) is 4.42. The average Bonchev–Trinajstić information content (AvgIpc) is 2.55. The van der Waals surface area contributed by atoms with Gasteiger partial charge in [-0.3, -0.25) is 9.63 Å². The van der Waals surface area contributed by atoms with Crippen molar-refractivity contribution in [3.8, 4) is 0 Å². The summed E-state index contributed by atoms with van der Waals surface area (Å²) < 4.78 is 0. The van der Waals surface area contributed by atoms with E-state index in [0.717, 1.165) is 25.8 Å². The fraction of sp³-hybridized carbons (Fsp3) is 0.875. The Balaban J connectivity index is 1.83. The number of hydrogen-bond donors (Lipinski definition) is 1. The number of hydrogen-bond acceptors (Lipinski definition) is 3. The lowest BCUT2D eigenvalue weighted by molar-refractivity contribution is -0.169. The molecule has 1 saturated carbocycles. The van der Waals surface area contributed by atoms with Gasteiger partial charge >= 0.3 is 0 Å². The molecule has 1 amide bonds. The van der Waals surface area contributed by atoms with Crippen LogP contribution in [0.5, 0.6) is 0 Å². The van der Waals surface area contributed by atoms with Crippen molar-refractivity contribution < 1.29 is 9.63 Å². The van der Waals surface area contributed by atoms with E-state index in [1.165, 1.54) is 5.06 Å². The molecular weight excluding hydrogens is 156 g/mol. The van der Waals surface area contributed by atoms with E-state index in [-0.39, 0.29) is 11.4 Å². The molecule has 2 rings (SSSR count). The van der Waals surface area contributed by atoms with Gasteiger partial charge < -0.3 is 5.73 Å². The highest BCUT2D eigenvalue weighted by atomic mass is 16.7. The molecule has 0 spiro atoms. The van der Waals surface area contributed by atoms with E-state index in [9.17, 15) is 4.79 Å². The zero-order valence-electron chi connectivity index (χ0n) is 7.08. The topological polar surface area (TPSA) is 55.6 Å². The van der Waals surface area contributed by atoms with Crippen molar-refractivity contribution in [1.29, 1.82) is 0 Å². The maximum Gasteiger partial charge on any atom is 0.247 e. The molecule has 2 fully saturated rings. The first kappa shape index (κ1) is 8.01. The van der Waals surface area contributed by atoms with Gasteiger partial charge in [-0.25, -0.2) is 5.06 Å². The van der Waals surface area contributed by atoms with Gasteiger partial charge in [0.15, 0.2) is 0 Å². The fourth-order valence-corrected chi connectivity index (χ4v) is 1.37. The molecule has 0 radical (unpaired) electrons. The summed E-state index contributed by atoms with van der Waals surface area (Å²) in [6, 6.07) is 0. The Bertz CT molecular complexity index is 195. The van der Waals surface area contributed by atoms with Crippen LogP contribution >= 0.6 is 0 Å². The number of amides is 1. The van der Waals surface area contributed by atoms with Crippen LogP contribution in [0.2, 0.25) is 0 Å². The van der Waals surface area contributed by atoms with Gasteiger partial charge in [-0.05, 0) is 19.3 Å². The third kappa shape index (κ3) is 1.59. The largest absolute Gasteiger partial charge is 0.325 e. The Morgan fingerprint density at radius 3 is 2.83 bits per heavy atom. The van der Waals surface area contributed by atoms with Crippen molar-refractivity contribution in [1.82, 2.24) is 5.06 Å². The Hall–Kier alpha value is -0.610. The minimum atomic E-state index is -0.191. The SMILES string of the molecule is NC1(CC(=O)N2CCCO2)CC1. The Labute approximate surface area is 71.6 Å². The van der Waals surface area contributed by atoms with Crippen LogP contribution in [0.4, 0.5) is 0 Å². The quantitative estimate of drug-likeness (QED) is 0.636. The minimum absolute atomic E-state index is 0.0486. The van der Waals surface area contributed by atoms with Crippen LogP contribution in [0.1, 0.15) is 25.7 Å². The maximum absolute atomic E-state index is 11.4. The second kappa shape index (κ2) is 2.71. The summed E-state index contributed by atoms with van der Waals surface area (Å²) in [6.45, 7) is 1.40. The molecule has 4 heteroatoms. The molecular formula is C8H14N2O2. The van der Waals surface area contributed by atoms with E-state index in [2.05, 4.69) is 0 Å². The zero-order valence-corrected chi connectivity index (χ0v) is 7.08. The third-order valence-electron chi connectivity index (χ3n) is 2.43. The summed E-state index contributed by atoms with van der Waals surface area (Å²) in [7, 11) is 0. The fourth-order valence-electron chi connectivity index (χ4n) is 1.37. The van der Waals surface area contributed by atoms with Gasteiger partial charge in [-0.2, -0.15) is 0 Å². The molecule has 0 atom stereocenters. The molecule has 0 aromatic rings. The van der Waals surface area contributed by atoms with Crippen molar-refractivity contribution in [2.45, 2.75) is 31.2 Å². The highest BCUT2D eigenvalue weighted by Gasteiger charge is 2.41. The van der Waals surface area contributed by atoms with Gasteiger partial charge in [0.2, 0.25) is 5.91 Å². The van der Waals surface area contributed by atoms with E-state index >= 15 is 0 Å². The zero-order chi connectivity index (χ0) is 8.60. The molecule has 0 bridgehead atoms. The standard InChI is InChI=1S/C8H14N2O2/c9-8(2-3-8)6-7(11)10-4-1-5-12-10/h1-6,9H2. The molecule has 1 aliphatic carbocycles. The van der Waals surface area contributed by atoms with Crippen molar-refractivity contribution in [2.75, 3.05) is 13.2 Å². The number of hydroxylamine groups is 2. The molecule has 4 nitrogen and oxygen atoms in total. The molecule has 1 saturated heterocycles. The molecule has 1 aliphatic heterocycles. The van der Waals surface area contributed by atoms with Crippen LogP contribution in [-0.2, 0) is 9.63 Å². The summed E-state index contributed by atoms with van der Waals surface area (Å²) in [4.78, 5) is 16.5. The van der Waals surface area contributed by atoms with Crippen molar-refractivity contribution in [3.05, 3.63) is 0 Å². The molecule has 68 valence electrons. The van der Waals surface area contributed by atoms with Crippen LogP contribution in [0.15, 0.2) is 0 Å². The van der Waals surface area contributed by atoms with Crippen molar-refractivity contribution in [2.24, 2.45) is 5.73 Å². The molecule has 2 N–H and O–H groups in total. The smallest absolute Gasteiger partial charge is 0.247 e. The predicted molar refractivity (Wildman–Crippen MR) is 43.1 cm³/mol. The lowest BCUT2D eigenvalue weighted by Crippen LogP contribution is -2.34. The molecule has 0 aromatic carbocycles. The van der Waals surface area contributed by atoms with Crippen LogP contribution in [-0.4, -0.2) is 29.7 Å². The molecule has 2 aliphatic rings. The number of nitrogens with zero attached hydrogens (tertiary/aromatic N) is 1. The summed E-state index contributed by atoms with van der Waals surface area (Å²) in [5.41, 5.74) is 5.62. The number of carbonyl (C=O) groups excluding carboxylic acids is 1. The van der Waals surface area contributed by atoms with Crippen LogP contribution in [0.25, 0.3) is 0 Å². The lowest BCUT2D eigenvalue weighted by Gasteiger charge is -2.15. The Morgan fingerprint density at radius 1 is 1.58 bits per heavy atom.